The van der Waals surface area contributed by atoms with Crippen molar-refractivity contribution >= 4 is 6.09 Å². The van der Waals surface area contributed by atoms with Crippen LogP contribution in [0.4, 0.5) is 4.79 Å². The maximum absolute atomic E-state index is 12.1. The lowest BCUT2D eigenvalue weighted by Gasteiger charge is -2.42. The van der Waals surface area contributed by atoms with E-state index in [4.69, 9.17) is 4.74 Å². The van der Waals surface area contributed by atoms with Crippen molar-refractivity contribution in [2.45, 2.75) is 77.5 Å². The molecule has 0 bridgehead atoms. The van der Waals surface area contributed by atoms with Crippen LogP contribution in [0, 0.1) is 11.8 Å². The first-order chi connectivity index (χ1) is 10.8. The second-order valence-corrected chi connectivity index (χ2v) is 8.33. The van der Waals surface area contributed by atoms with Gasteiger partial charge in [-0.05, 0) is 58.3 Å². The van der Waals surface area contributed by atoms with E-state index in [1.54, 1.807) is 0 Å². The summed E-state index contributed by atoms with van der Waals surface area (Å²) < 4.78 is 5.38. The molecule has 5 nitrogen and oxygen atoms in total. The number of aliphatic hydroxyl groups is 1. The topological polar surface area (TPSA) is 61.8 Å². The zero-order valence-electron chi connectivity index (χ0n) is 15.2. The number of amides is 1. The Balaban J connectivity index is 1.91. The van der Waals surface area contributed by atoms with Crippen LogP contribution >= 0.6 is 0 Å². The molecule has 3 atom stereocenters. The number of rotatable bonds is 5. The van der Waals surface area contributed by atoms with Crippen molar-refractivity contribution < 1.29 is 14.6 Å². The standard InChI is InChI=1S/C18H34N2O3/c1-5-16(21)14-9-15(19-17(22)23-18(2,3)4)12-20(11-14)10-13-7-6-8-13/h13-16,21H,5-12H2,1-4H3,(H,19,22). The molecule has 0 aromatic rings. The van der Waals surface area contributed by atoms with Crippen molar-refractivity contribution in [1.82, 2.24) is 10.2 Å². The van der Waals surface area contributed by atoms with Gasteiger partial charge in [0.05, 0.1) is 6.10 Å². The van der Waals surface area contributed by atoms with Crippen molar-refractivity contribution in [3.63, 3.8) is 0 Å². The molecule has 5 heteroatoms. The number of nitrogens with one attached hydrogen (secondary N) is 1. The number of carbonyl (C=O) groups excluding carboxylic acids is 1. The van der Waals surface area contributed by atoms with Gasteiger partial charge in [-0.2, -0.15) is 0 Å². The molecule has 2 N–H and O–H groups in total. The Hall–Kier alpha value is -0.810. The predicted molar refractivity (Wildman–Crippen MR) is 91.3 cm³/mol. The maximum Gasteiger partial charge on any atom is 0.407 e. The first-order valence-electron chi connectivity index (χ1n) is 9.16. The molecule has 2 fully saturated rings. The molecule has 1 heterocycles. The van der Waals surface area contributed by atoms with E-state index in [0.717, 1.165) is 38.4 Å². The van der Waals surface area contributed by atoms with Gasteiger partial charge >= 0.3 is 6.09 Å². The molecule has 1 aliphatic carbocycles. The first kappa shape index (κ1) is 18.5. The van der Waals surface area contributed by atoms with Crippen LogP contribution in [0.2, 0.25) is 0 Å². The Morgan fingerprint density at radius 1 is 1.35 bits per heavy atom. The third kappa shape index (κ3) is 5.96. The van der Waals surface area contributed by atoms with Crippen molar-refractivity contribution in [1.29, 1.82) is 0 Å². The van der Waals surface area contributed by atoms with Gasteiger partial charge in [-0.25, -0.2) is 4.79 Å². The molecule has 0 aromatic heterocycles. The highest BCUT2D eigenvalue weighted by Crippen LogP contribution is 2.30. The predicted octanol–water partition coefficient (Wildman–Crippen LogP) is 2.77. The second kappa shape index (κ2) is 7.84. The minimum Gasteiger partial charge on any atom is -0.444 e. The maximum atomic E-state index is 12.1. The summed E-state index contributed by atoms with van der Waals surface area (Å²) in [6, 6.07) is 0.0601. The molecule has 2 aliphatic rings. The summed E-state index contributed by atoms with van der Waals surface area (Å²) in [5, 5.41) is 13.3. The lowest BCUT2D eigenvalue weighted by atomic mass is 9.83. The molecular weight excluding hydrogens is 292 g/mol. The molecular formula is C18H34N2O3. The Morgan fingerprint density at radius 3 is 2.57 bits per heavy atom. The molecule has 23 heavy (non-hydrogen) atoms. The fourth-order valence-corrected chi connectivity index (χ4v) is 3.61. The van der Waals surface area contributed by atoms with Gasteiger partial charge in [0.25, 0.3) is 0 Å². The molecule has 1 aliphatic heterocycles. The van der Waals surface area contributed by atoms with Gasteiger partial charge in [0.15, 0.2) is 0 Å². The highest BCUT2D eigenvalue weighted by Gasteiger charge is 2.34. The summed E-state index contributed by atoms with van der Waals surface area (Å²) in [5.41, 5.74) is -0.479. The van der Waals surface area contributed by atoms with Crippen molar-refractivity contribution in [2.24, 2.45) is 11.8 Å². The van der Waals surface area contributed by atoms with Gasteiger partial charge in [-0.3, -0.25) is 0 Å². The number of likely N-dealkylation sites (tertiary alicyclic amines) is 1. The fourth-order valence-electron chi connectivity index (χ4n) is 3.61. The zero-order valence-corrected chi connectivity index (χ0v) is 15.2. The van der Waals surface area contributed by atoms with Crippen LogP contribution in [0.5, 0.6) is 0 Å². The van der Waals surface area contributed by atoms with E-state index in [1.165, 1.54) is 19.3 Å². The number of aliphatic hydroxyl groups excluding tert-OH is 1. The van der Waals surface area contributed by atoms with E-state index in [2.05, 4.69) is 10.2 Å². The average Bonchev–Trinajstić information content (AvgIpc) is 2.39. The normalized spacial score (nSPS) is 28.0. The Kier molecular flexibility index (Phi) is 6.32. The average molecular weight is 326 g/mol. The molecule has 1 amide bonds. The molecule has 2 rings (SSSR count). The van der Waals surface area contributed by atoms with Crippen LogP contribution in [-0.4, -0.2) is 53.5 Å². The molecule has 0 radical (unpaired) electrons. The molecule has 0 aromatic carbocycles. The lowest BCUT2D eigenvalue weighted by Crippen LogP contribution is -2.54. The number of piperidine rings is 1. The number of ether oxygens (including phenoxy) is 1. The van der Waals surface area contributed by atoms with Crippen LogP contribution in [0.25, 0.3) is 0 Å². The van der Waals surface area contributed by atoms with Crippen molar-refractivity contribution in [3.8, 4) is 0 Å². The molecule has 1 saturated carbocycles. The zero-order chi connectivity index (χ0) is 17.0. The second-order valence-electron chi connectivity index (χ2n) is 8.33. The molecule has 134 valence electrons. The lowest BCUT2D eigenvalue weighted by molar-refractivity contribution is 0.0162. The van der Waals surface area contributed by atoms with E-state index in [1.807, 2.05) is 27.7 Å². The number of hydrogen-bond donors (Lipinski definition) is 2. The van der Waals surface area contributed by atoms with Crippen molar-refractivity contribution in [3.05, 3.63) is 0 Å². The Labute approximate surface area is 140 Å². The van der Waals surface area contributed by atoms with Gasteiger partial charge in [0.2, 0.25) is 0 Å². The summed E-state index contributed by atoms with van der Waals surface area (Å²) >= 11 is 0. The molecule has 0 spiro atoms. The van der Waals surface area contributed by atoms with Crippen molar-refractivity contribution in [2.75, 3.05) is 19.6 Å². The number of carbonyl (C=O) groups is 1. The smallest absolute Gasteiger partial charge is 0.407 e. The van der Waals surface area contributed by atoms with Crippen LogP contribution in [0.15, 0.2) is 0 Å². The number of nitrogens with zero attached hydrogens (tertiary/aromatic N) is 1. The minimum absolute atomic E-state index is 0.0601. The van der Waals surface area contributed by atoms with Crippen LogP contribution in [-0.2, 0) is 4.74 Å². The third-order valence-electron chi connectivity index (χ3n) is 4.98. The van der Waals surface area contributed by atoms with E-state index in [9.17, 15) is 9.90 Å². The highest BCUT2D eigenvalue weighted by atomic mass is 16.6. The van der Waals surface area contributed by atoms with Crippen LogP contribution in [0.1, 0.15) is 59.8 Å². The van der Waals surface area contributed by atoms with Gasteiger partial charge in [0, 0.05) is 25.7 Å². The quantitative estimate of drug-likeness (QED) is 0.815. The summed E-state index contributed by atoms with van der Waals surface area (Å²) in [4.78, 5) is 14.5. The summed E-state index contributed by atoms with van der Waals surface area (Å²) in [6.07, 6.45) is 4.94. The third-order valence-corrected chi connectivity index (χ3v) is 4.98. The summed E-state index contributed by atoms with van der Waals surface area (Å²) in [6.45, 7) is 10.5. The summed E-state index contributed by atoms with van der Waals surface area (Å²) in [5.74, 6) is 1.03. The largest absolute Gasteiger partial charge is 0.444 e. The van der Waals surface area contributed by atoms with E-state index in [-0.39, 0.29) is 24.2 Å². The summed E-state index contributed by atoms with van der Waals surface area (Å²) in [7, 11) is 0. The Bertz CT molecular complexity index is 390. The van der Waals surface area contributed by atoms with Gasteiger partial charge in [0.1, 0.15) is 5.60 Å². The van der Waals surface area contributed by atoms with Gasteiger partial charge < -0.3 is 20.1 Å². The van der Waals surface area contributed by atoms with Crippen LogP contribution in [0.3, 0.4) is 0 Å². The SMILES string of the molecule is CCC(O)C1CC(NC(=O)OC(C)(C)C)CN(CC2CCC2)C1. The first-order valence-corrected chi connectivity index (χ1v) is 9.16. The van der Waals surface area contributed by atoms with E-state index in [0.29, 0.717) is 0 Å². The minimum atomic E-state index is -0.479. The molecule has 1 saturated heterocycles. The number of hydrogen-bond acceptors (Lipinski definition) is 4. The number of alkyl carbamates (subject to hydrolysis) is 1. The van der Waals surface area contributed by atoms with E-state index >= 15 is 0 Å². The monoisotopic (exact) mass is 326 g/mol. The molecule has 3 unspecified atom stereocenters. The van der Waals surface area contributed by atoms with E-state index < -0.39 is 5.60 Å². The van der Waals surface area contributed by atoms with Gasteiger partial charge in [-0.1, -0.05) is 13.3 Å². The van der Waals surface area contributed by atoms with Crippen LogP contribution < -0.4 is 5.32 Å². The fraction of sp³-hybridized carbons (Fsp3) is 0.944. The van der Waals surface area contributed by atoms with Gasteiger partial charge in [-0.15, -0.1) is 0 Å². The Morgan fingerprint density at radius 2 is 2.04 bits per heavy atom. The highest BCUT2D eigenvalue weighted by molar-refractivity contribution is 5.68.